The average Bonchev–Trinajstić information content (AvgIpc) is 2.75. The molecule has 3 aromatic rings. The monoisotopic (exact) mass is 461 g/mol. The van der Waals surface area contributed by atoms with E-state index in [1.165, 1.54) is 37.1 Å². The Balaban J connectivity index is 1.73. The number of benzene rings is 1. The van der Waals surface area contributed by atoms with Gasteiger partial charge in [0.1, 0.15) is 29.2 Å². The number of anilines is 1. The molecule has 1 amide bonds. The van der Waals surface area contributed by atoms with Gasteiger partial charge in [-0.15, -0.1) is 0 Å². The number of likely N-dealkylation sites (tertiary alicyclic amines) is 1. The Labute approximate surface area is 187 Å². The molecule has 0 radical (unpaired) electrons. The van der Waals surface area contributed by atoms with E-state index in [9.17, 15) is 22.8 Å². The number of carbonyl (C=O) groups excluding carboxylic acids is 1. The Morgan fingerprint density at radius 1 is 1.30 bits per heavy atom. The summed E-state index contributed by atoms with van der Waals surface area (Å²) < 4.78 is 47.5. The Kier molecular flexibility index (Phi) is 5.83. The third-order valence-electron chi connectivity index (χ3n) is 6.01. The molecule has 1 saturated heterocycles. The number of aryl methyl sites for hydroxylation is 1. The molecule has 1 aliphatic heterocycles. The molecule has 1 aliphatic rings. The van der Waals surface area contributed by atoms with Gasteiger partial charge in [-0.1, -0.05) is 18.2 Å². The number of pyridine rings is 1. The van der Waals surface area contributed by atoms with Gasteiger partial charge in [0.05, 0.1) is 29.6 Å². The van der Waals surface area contributed by atoms with Crippen molar-refractivity contribution in [1.82, 2.24) is 19.4 Å². The standard InChI is InChI=1S/C22H22F3N5O3/c1-12(31)30-9-22(10-30,33-3)16-7-15-19(27-11-28-20(15)29(2)21(16)32)26-8-13-5-4-6-14(17(13)23)18(24)25/h4-7,11,18H,8-10H2,1-3H3,(H,26,27,28). The molecule has 2 aromatic heterocycles. The summed E-state index contributed by atoms with van der Waals surface area (Å²) in [5.74, 6) is -0.810. The van der Waals surface area contributed by atoms with Crippen LogP contribution in [-0.4, -0.2) is 45.5 Å². The van der Waals surface area contributed by atoms with Crippen LogP contribution in [0, 0.1) is 5.82 Å². The number of fused-ring (bicyclic) bond motifs is 1. The SMILES string of the molecule is COC1(c2cc3c(NCc4cccc(C(F)F)c4F)ncnc3n(C)c2=O)CN(C(C)=O)C1. The molecule has 0 atom stereocenters. The molecule has 1 aromatic carbocycles. The summed E-state index contributed by atoms with van der Waals surface area (Å²) in [5, 5.41) is 3.43. The van der Waals surface area contributed by atoms with E-state index in [-0.39, 0.29) is 36.7 Å². The van der Waals surface area contributed by atoms with Gasteiger partial charge in [-0.25, -0.2) is 23.1 Å². The maximum Gasteiger partial charge on any atom is 0.266 e. The van der Waals surface area contributed by atoms with Crippen LogP contribution in [0.5, 0.6) is 0 Å². The Bertz CT molecular complexity index is 1290. The number of methoxy groups -OCH3 is 1. The van der Waals surface area contributed by atoms with Crippen LogP contribution in [0.3, 0.4) is 0 Å². The van der Waals surface area contributed by atoms with Crippen LogP contribution in [-0.2, 0) is 28.7 Å². The maximum absolute atomic E-state index is 14.4. The second-order valence-electron chi connectivity index (χ2n) is 7.93. The Morgan fingerprint density at radius 3 is 2.67 bits per heavy atom. The van der Waals surface area contributed by atoms with Gasteiger partial charge in [0.15, 0.2) is 0 Å². The minimum Gasteiger partial charge on any atom is -0.370 e. The number of rotatable bonds is 6. The van der Waals surface area contributed by atoms with Gasteiger partial charge in [-0.05, 0) is 6.07 Å². The summed E-state index contributed by atoms with van der Waals surface area (Å²) in [5.41, 5.74) is -1.26. The van der Waals surface area contributed by atoms with E-state index in [0.717, 1.165) is 6.07 Å². The molecule has 4 rings (SSSR count). The predicted octanol–water partition coefficient (Wildman–Crippen LogP) is 2.72. The van der Waals surface area contributed by atoms with E-state index in [2.05, 4.69) is 15.3 Å². The number of aromatic nitrogens is 3. The first-order chi connectivity index (χ1) is 15.7. The molecule has 0 unspecified atom stereocenters. The summed E-state index contributed by atoms with van der Waals surface area (Å²) in [6.45, 7) is 1.78. The van der Waals surface area contributed by atoms with Crippen LogP contribution < -0.4 is 10.9 Å². The second kappa shape index (κ2) is 8.47. The third kappa shape index (κ3) is 3.82. The van der Waals surface area contributed by atoms with Gasteiger partial charge in [0.25, 0.3) is 12.0 Å². The fraction of sp³-hybridized carbons (Fsp3) is 0.364. The zero-order valence-corrected chi connectivity index (χ0v) is 18.2. The lowest BCUT2D eigenvalue weighted by atomic mass is 9.86. The maximum atomic E-state index is 14.4. The Morgan fingerprint density at radius 2 is 2.03 bits per heavy atom. The van der Waals surface area contributed by atoms with E-state index in [1.54, 1.807) is 18.0 Å². The van der Waals surface area contributed by atoms with E-state index in [1.807, 2.05) is 0 Å². The fourth-order valence-corrected chi connectivity index (χ4v) is 4.02. The van der Waals surface area contributed by atoms with Crippen molar-refractivity contribution in [3.05, 3.63) is 63.5 Å². The number of hydrogen-bond donors (Lipinski definition) is 1. The molecule has 8 nitrogen and oxygen atoms in total. The Hall–Kier alpha value is -3.47. The topological polar surface area (TPSA) is 89.3 Å². The molecule has 0 spiro atoms. The minimum atomic E-state index is -2.93. The summed E-state index contributed by atoms with van der Waals surface area (Å²) in [6.07, 6.45) is -1.67. The number of nitrogens with zero attached hydrogens (tertiary/aromatic N) is 4. The molecule has 0 saturated carbocycles. The van der Waals surface area contributed by atoms with Crippen molar-refractivity contribution in [2.24, 2.45) is 7.05 Å². The number of nitrogens with one attached hydrogen (secondary N) is 1. The summed E-state index contributed by atoms with van der Waals surface area (Å²) >= 11 is 0. The predicted molar refractivity (Wildman–Crippen MR) is 114 cm³/mol. The van der Waals surface area contributed by atoms with Crippen molar-refractivity contribution in [3.8, 4) is 0 Å². The molecule has 11 heteroatoms. The molecule has 1 fully saturated rings. The van der Waals surface area contributed by atoms with Crippen molar-refractivity contribution in [2.75, 3.05) is 25.5 Å². The molecule has 1 N–H and O–H groups in total. The second-order valence-corrected chi connectivity index (χ2v) is 7.93. The number of hydrogen-bond acceptors (Lipinski definition) is 6. The highest BCUT2D eigenvalue weighted by Crippen LogP contribution is 2.35. The first-order valence-electron chi connectivity index (χ1n) is 10.1. The van der Waals surface area contributed by atoms with Gasteiger partial charge in [0.2, 0.25) is 5.91 Å². The van der Waals surface area contributed by atoms with Gasteiger partial charge >= 0.3 is 0 Å². The van der Waals surface area contributed by atoms with E-state index >= 15 is 0 Å². The molecule has 3 heterocycles. The summed E-state index contributed by atoms with van der Waals surface area (Å²) in [4.78, 5) is 34.7. The highest BCUT2D eigenvalue weighted by atomic mass is 19.3. The molecule has 0 bridgehead atoms. The molecule has 174 valence electrons. The highest BCUT2D eigenvalue weighted by molar-refractivity contribution is 5.87. The van der Waals surface area contributed by atoms with E-state index < -0.39 is 23.4 Å². The fourth-order valence-electron chi connectivity index (χ4n) is 4.02. The van der Waals surface area contributed by atoms with E-state index in [4.69, 9.17) is 4.74 Å². The number of alkyl halides is 2. The third-order valence-corrected chi connectivity index (χ3v) is 6.01. The minimum absolute atomic E-state index is 0.0501. The summed E-state index contributed by atoms with van der Waals surface area (Å²) in [6, 6.07) is 5.41. The van der Waals surface area contributed by atoms with Crippen molar-refractivity contribution in [2.45, 2.75) is 25.5 Å². The molecular formula is C22H22F3N5O3. The normalized spacial score (nSPS) is 15.1. The van der Waals surface area contributed by atoms with Crippen LogP contribution in [0.2, 0.25) is 0 Å². The van der Waals surface area contributed by atoms with Crippen LogP contribution >= 0.6 is 0 Å². The largest absolute Gasteiger partial charge is 0.370 e. The van der Waals surface area contributed by atoms with Gasteiger partial charge in [-0.3, -0.25) is 14.2 Å². The zero-order valence-electron chi connectivity index (χ0n) is 18.2. The lowest BCUT2D eigenvalue weighted by molar-refractivity contribution is -0.162. The number of carbonyl (C=O) groups is 1. The average molecular weight is 461 g/mol. The number of halogens is 3. The molecule has 33 heavy (non-hydrogen) atoms. The smallest absolute Gasteiger partial charge is 0.266 e. The lowest BCUT2D eigenvalue weighted by Crippen LogP contribution is -2.63. The van der Waals surface area contributed by atoms with Crippen LogP contribution in [0.1, 0.15) is 30.0 Å². The first-order valence-corrected chi connectivity index (χ1v) is 10.1. The molecular weight excluding hydrogens is 439 g/mol. The number of ether oxygens (including phenoxy) is 1. The lowest BCUT2D eigenvalue weighted by Gasteiger charge is -2.48. The van der Waals surface area contributed by atoms with Crippen molar-refractivity contribution in [3.63, 3.8) is 0 Å². The van der Waals surface area contributed by atoms with Crippen molar-refractivity contribution >= 4 is 22.8 Å². The number of amides is 1. The first kappa shape index (κ1) is 22.7. The highest BCUT2D eigenvalue weighted by Gasteiger charge is 2.48. The van der Waals surface area contributed by atoms with Crippen LogP contribution in [0.25, 0.3) is 11.0 Å². The van der Waals surface area contributed by atoms with Gasteiger partial charge < -0.3 is 15.0 Å². The summed E-state index contributed by atoms with van der Waals surface area (Å²) in [7, 11) is 3.03. The van der Waals surface area contributed by atoms with Crippen LogP contribution in [0.15, 0.2) is 35.4 Å². The van der Waals surface area contributed by atoms with Gasteiger partial charge in [0, 0.05) is 33.2 Å². The van der Waals surface area contributed by atoms with E-state index in [0.29, 0.717) is 22.4 Å². The van der Waals surface area contributed by atoms with Crippen molar-refractivity contribution < 1.29 is 22.7 Å². The molecule has 0 aliphatic carbocycles. The van der Waals surface area contributed by atoms with Gasteiger partial charge in [-0.2, -0.15) is 0 Å². The quantitative estimate of drug-likeness (QED) is 0.607. The van der Waals surface area contributed by atoms with Crippen LogP contribution in [0.4, 0.5) is 19.0 Å². The zero-order chi connectivity index (χ0) is 23.9. The van der Waals surface area contributed by atoms with Crippen molar-refractivity contribution in [1.29, 1.82) is 0 Å².